The van der Waals surface area contributed by atoms with Crippen LogP contribution in [0.4, 0.5) is 0 Å². The van der Waals surface area contributed by atoms with Crippen LogP contribution < -0.4 is 5.32 Å². The maximum Gasteiger partial charge on any atom is 0.0674 e. The molecule has 0 aromatic rings. The van der Waals surface area contributed by atoms with E-state index in [1.54, 1.807) is 7.11 Å². The molecule has 1 fully saturated rings. The summed E-state index contributed by atoms with van der Waals surface area (Å²) in [4.78, 5) is 2.46. The predicted molar refractivity (Wildman–Crippen MR) is 61.2 cm³/mol. The molecule has 0 amide bonds. The molecule has 0 aliphatic carbocycles. The molecule has 90 valence electrons. The highest BCUT2D eigenvalue weighted by molar-refractivity contribution is 4.68. The molecule has 1 unspecified atom stereocenters. The molecule has 0 aromatic carbocycles. The molecule has 4 heteroatoms. The van der Waals surface area contributed by atoms with Crippen LogP contribution in [-0.2, 0) is 9.47 Å². The molecule has 0 radical (unpaired) electrons. The maximum absolute atomic E-state index is 5.49. The third kappa shape index (κ3) is 6.10. The molecular formula is C11H24N2O2. The van der Waals surface area contributed by atoms with Gasteiger partial charge in [-0.15, -0.1) is 0 Å². The lowest BCUT2D eigenvalue weighted by atomic mass is 10.3. The minimum atomic E-state index is 0.396. The summed E-state index contributed by atoms with van der Waals surface area (Å²) in [5.41, 5.74) is 0. The van der Waals surface area contributed by atoms with E-state index in [2.05, 4.69) is 17.1 Å². The van der Waals surface area contributed by atoms with Gasteiger partial charge in [-0.05, 0) is 19.9 Å². The van der Waals surface area contributed by atoms with Crippen molar-refractivity contribution in [2.75, 3.05) is 53.0 Å². The Balaban J connectivity index is 1.90. The van der Waals surface area contributed by atoms with E-state index in [1.807, 2.05) is 0 Å². The molecule has 0 saturated carbocycles. The monoisotopic (exact) mass is 216 g/mol. The maximum atomic E-state index is 5.49. The summed E-state index contributed by atoms with van der Waals surface area (Å²) in [5.74, 6) is 0. The summed E-state index contributed by atoms with van der Waals surface area (Å²) in [7, 11) is 1.75. The van der Waals surface area contributed by atoms with Gasteiger partial charge in [0.1, 0.15) is 0 Å². The standard InChI is InChI=1S/C11H24N2O2/c1-11-10-13(7-9-15-11)6-5-12-4-3-8-14-2/h11-12H,3-10H2,1-2H3. The van der Waals surface area contributed by atoms with Gasteiger partial charge < -0.3 is 14.8 Å². The lowest BCUT2D eigenvalue weighted by molar-refractivity contribution is -0.0176. The molecule has 15 heavy (non-hydrogen) atoms. The molecule has 0 bridgehead atoms. The van der Waals surface area contributed by atoms with Crippen molar-refractivity contribution >= 4 is 0 Å². The van der Waals surface area contributed by atoms with Gasteiger partial charge in [-0.1, -0.05) is 0 Å². The van der Waals surface area contributed by atoms with Crippen molar-refractivity contribution in [3.05, 3.63) is 0 Å². The Kier molecular flexibility index (Phi) is 6.92. The second-order valence-corrected chi connectivity index (χ2v) is 4.08. The fraction of sp³-hybridized carbons (Fsp3) is 1.00. The Morgan fingerprint density at radius 1 is 1.47 bits per heavy atom. The van der Waals surface area contributed by atoms with E-state index < -0.39 is 0 Å². The average Bonchev–Trinajstić information content (AvgIpc) is 2.23. The molecular weight excluding hydrogens is 192 g/mol. The van der Waals surface area contributed by atoms with Gasteiger partial charge in [-0.25, -0.2) is 0 Å². The van der Waals surface area contributed by atoms with Crippen LogP contribution in [-0.4, -0.2) is 64.1 Å². The van der Waals surface area contributed by atoms with Crippen molar-refractivity contribution < 1.29 is 9.47 Å². The third-order valence-electron chi connectivity index (χ3n) is 2.63. The SMILES string of the molecule is COCCCNCCN1CCOC(C)C1. The van der Waals surface area contributed by atoms with Crippen LogP contribution in [0.3, 0.4) is 0 Å². The van der Waals surface area contributed by atoms with E-state index in [-0.39, 0.29) is 0 Å². The van der Waals surface area contributed by atoms with Crippen LogP contribution >= 0.6 is 0 Å². The van der Waals surface area contributed by atoms with Crippen LogP contribution in [0.25, 0.3) is 0 Å². The van der Waals surface area contributed by atoms with Crippen LogP contribution in [0.1, 0.15) is 13.3 Å². The number of hydrogen-bond donors (Lipinski definition) is 1. The Bertz CT molecular complexity index is 156. The summed E-state index contributed by atoms with van der Waals surface area (Å²) in [6.45, 7) is 9.25. The van der Waals surface area contributed by atoms with Crippen LogP contribution in [0, 0.1) is 0 Å². The summed E-state index contributed by atoms with van der Waals surface area (Å²) in [6, 6.07) is 0. The minimum absolute atomic E-state index is 0.396. The van der Waals surface area contributed by atoms with E-state index in [4.69, 9.17) is 9.47 Å². The van der Waals surface area contributed by atoms with Crippen molar-refractivity contribution in [2.45, 2.75) is 19.4 Å². The van der Waals surface area contributed by atoms with Gasteiger partial charge in [0.2, 0.25) is 0 Å². The summed E-state index contributed by atoms with van der Waals surface area (Å²) >= 11 is 0. The molecule has 1 saturated heterocycles. The Morgan fingerprint density at radius 3 is 3.07 bits per heavy atom. The second kappa shape index (κ2) is 8.05. The van der Waals surface area contributed by atoms with Crippen molar-refractivity contribution in [2.24, 2.45) is 0 Å². The van der Waals surface area contributed by atoms with Crippen LogP contribution in [0.5, 0.6) is 0 Å². The van der Waals surface area contributed by atoms with Crippen molar-refractivity contribution in [3.63, 3.8) is 0 Å². The number of morpholine rings is 1. The smallest absolute Gasteiger partial charge is 0.0674 e. The van der Waals surface area contributed by atoms with Gasteiger partial charge in [-0.3, -0.25) is 4.90 Å². The molecule has 0 aromatic heterocycles. The van der Waals surface area contributed by atoms with Gasteiger partial charge in [0.05, 0.1) is 12.7 Å². The summed E-state index contributed by atoms with van der Waals surface area (Å²) < 4.78 is 10.5. The van der Waals surface area contributed by atoms with Gasteiger partial charge in [0.25, 0.3) is 0 Å². The highest BCUT2D eigenvalue weighted by Gasteiger charge is 2.15. The zero-order valence-corrected chi connectivity index (χ0v) is 10.00. The minimum Gasteiger partial charge on any atom is -0.385 e. The lowest BCUT2D eigenvalue weighted by Gasteiger charge is -2.31. The first-order valence-corrected chi connectivity index (χ1v) is 5.86. The molecule has 4 nitrogen and oxygen atoms in total. The zero-order chi connectivity index (χ0) is 10.9. The van der Waals surface area contributed by atoms with Crippen molar-refractivity contribution in [1.29, 1.82) is 0 Å². The normalized spacial score (nSPS) is 23.2. The zero-order valence-electron chi connectivity index (χ0n) is 10.00. The number of nitrogens with one attached hydrogen (secondary N) is 1. The van der Waals surface area contributed by atoms with Crippen LogP contribution in [0.15, 0.2) is 0 Å². The molecule has 1 rings (SSSR count). The largest absolute Gasteiger partial charge is 0.385 e. The lowest BCUT2D eigenvalue weighted by Crippen LogP contribution is -2.44. The predicted octanol–water partition coefficient (Wildman–Crippen LogP) is 0.333. The highest BCUT2D eigenvalue weighted by atomic mass is 16.5. The van der Waals surface area contributed by atoms with E-state index in [1.165, 1.54) is 0 Å². The van der Waals surface area contributed by atoms with Gasteiger partial charge in [0.15, 0.2) is 0 Å². The number of nitrogens with zero attached hydrogens (tertiary/aromatic N) is 1. The molecule has 1 atom stereocenters. The first-order chi connectivity index (χ1) is 7.33. The van der Waals surface area contributed by atoms with E-state index in [0.29, 0.717) is 6.10 Å². The van der Waals surface area contributed by atoms with Gasteiger partial charge >= 0.3 is 0 Å². The van der Waals surface area contributed by atoms with Crippen molar-refractivity contribution in [3.8, 4) is 0 Å². The van der Waals surface area contributed by atoms with Crippen LogP contribution in [0.2, 0.25) is 0 Å². The first kappa shape index (κ1) is 12.9. The fourth-order valence-corrected chi connectivity index (χ4v) is 1.80. The second-order valence-electron chi connectivity index (χ2n) is 4.08. The molecule has 1 aliphatic rings. The number of hydrogen-bond acceptors (Lipinski definition) is 4. The molecule has 1 N–H and O–H groups in total. The summed E-state index contributed by atoms with van der Waals surface area (Å²) in [6.07, 6.45) is 1.49. The molecule has 0 spiro atoms. The fourth-order valence-electron chi connectivity index (χ4n) is 1.80. The molecule has 1 aliphatic heterocycles. The van der Waals surface area contributed by atoms with E-state index in [0.717, 1.165) is 52.4 Å². The average molecular weight is 216 g/mol. The topological polar surface area (TPSA) is 33.7 Å². The Labute approximate surface area is 92.9 Å². The first-order valence-electron chi connectivity index (χ1n) is 5.86. The van der Waals surface area contributed by atoms with Gasteiger partial charge in [0, 0.05) is 39.9 Å². The Morgan fingerprint density at radius 2 is 2.33 bits per heavy atom. The molecule has 1 heterocycles. The van der Waals surface area contributed by atoms with Crippen molar-refractivity contribution in [1.82, 2.24) is 10.2 Å². The highest BCUT2D eigenvalue weighted by Crippen LogP contribution is 2.02. The quantitative estimate of drug-likeness (QED) is 0.622. The third-order valence-corrected chi connectivity index (χ3v) is 2.63. The van der Waals surface area contributed by atoms with Gasteiger partial charge in [-0.2, -0.15) is 0 Å². The van der Waals surface area contributed by atoms with E-state index >= 15 is 0 Å². The number of ether oxygens (including phenoxy) is 2. The number of methoxy groups -OCH3 is 1. The summed E-state index contributed by atoms with van der Waals surface area (Å²) in [5, 5.41) is 3.42. The Hall–Kier alpha value is -0.160. The number of rotatable bonds is 7. The van der Waals surface area contributed by atoms with E-state index in [9.17, 15) is 0 Å².